The molecule has 1 N–H and O–H groups in total. The molecule has 0 bridgehead atoms. The summed E-state index contributed by atoms with van der Waals surface area (Å²) in [5.74, 6) is -0.390. The highest BCUT2D eigenvalue weighted by molar-refractivity contribution is 7.93. The molecule has 0 radical (unpaired) electrons. The monoisotopic (exact) mass is 286 g/mol. The van der Waals surface area contributed by atoms with Gasteiger partial charge in [-0.3, -0.25) is 10.1 Å². The van der Waals surface area contributed by atoms with E-state index in [1.54, 1.807) is 13.0 Å². The van der Waals surface area contributed by atoms with E-state index in [1.165, 1.54) is 6.92 Å². The van der Waals surface area contributed by atoms with Crippen molar-refractivity contribution in [1.29, 1.82) is 0 Å². The molecule has 1 fully saturated rings. The minimum atomic E-state index is -3.43. The van der Waals surface area contributed by atoms with Crippen LogP contribution >= 0.6 is 0 Å². The van der Waals surface area contributed by atoms with Crippen molar-refractivity contribution in [3.8, 4) is 0 Å². The molecule has 0 aliphatic heterocycles. The maximum atomic E-state index is 12.3. The third kappa shape index (κ3) is 2.97. The first kappa shape index (κ1) is 14.0. The normalized spacial score (nSPS) is 18.4. The van der Waals surface area contributed by atoms with Gasteiger partial charge in [0.1, 0.15) is 5.25 Å². The lowest BCUT2D eigenvalue weighted by molar-refractivity contribution is -0.115. The van der Waals surface area contributed by atoms with Crippen LogP contribution in [0.4, 0.5) is 5.88 Å². The summed E-state index contributed by atoms with van der Waals surface area (Å²) < 4.78 is 29.4. The minimum Gasteiger partial charge on any atom is -0.338 e. The van der Waals surface area contributed by atoms with Crippen molar-refractivity contribution in [2.75, 3.05) is 5.32 Å². The van der Waals surface area contributed by atoms with E-state index >= 15 is 0 Å². The SMILES string of the molecule is Cc1cc(NC(=O)C(C)S(=O)(=O)C2CCCC2)on1. The molecule has 1 aliphatic carbocycles. The number of hydrogen-bond acceptors (Lipinski definition) is 5. The zero-order valence-corrected chi connectivity index (χ0v) is 11.9. The maximum Gasteiger partial charge on any atom is 0.244 e. The Balaban J connectivity index is 2.06. The Bertz CT molecular complexity index is 558. The van der Waals surface area contributed by atoms with Crippen LogP contribution in [-0.2, 0) is 14.6 Å². The molecule has 1 aliphatic rings. The van der Waals surface area contributed by atoms with Crippen molar-refractivity contribution in [2.45, 2.75) is 50.0 Å². The fraction of sp³-hybridized carbons (Fsp3) is 0.667. The van der Waals surface area contributed by atoms with Crippen LogP contribution in [0.3, 0.4) is 0 Å². The Morgan fingerprint density at radius 1 is 1.47 bits per heavy atom. The Morgan fingerprint density at radius 3 is 2.63 bits per heavy atom. The summed E-state index contributed by atoms with van der Waals surface area (Å²) in [7, 11) is -3.43. The van der Waals surface area contributed by atoms with Gasteiger partial charge in [-0.2, -0.15) is 0 Å². The zero-order chi connectivity index (χ0) is 14.0. The second-order valence-electron chi connectivity index (χ2n) is 4.96. The summed E-state index contributed by atoms with van der Waals surface area (Å²) in [6, 6.07) is 1.55. The van der Waals surface area contributed by atoms with Gasteiger partial charge < -0.3 is 4.52 Å². The Kier molecular flexibility index (Phi) is 3.93. The van der Waals surface area contributed by atoms with Crippen LogP contribution in [0.25, 0.3) is 0 Å². The summed E-state index contributed by atoms with van der Waals surface area (Å²) in [6.45, 7) is 3.14. The predicted molar refractivity (Wildman–Crippen MR) is 70.5 cm³/mol. The molecule has 19 heavy (non-hydrogen) atoms. The molecule has 0 aromatic carbocycles. The molecule has 6 nitrogen and oxygen atoms in total. The fourth-order valence-corrected chi connectivity index (χ4v) is 4.23. The number of anilines is 1. The van der Waals surface area contributed by atoms with Gasteiger partial charge in [0.15, 0.2) is 9.84 Å². The minimum absolute atomic E-state index is 0.177. The number of rotatable bonds is 4. The molecule has 1 heterocycles. The second-order valence-corrected chi connectivity index (χ2v) is 7.51. The van der Waals surface area contributed by atoms with Crippen LogP contribution in [0.15, 0.2) is 10.6 Å². The van der Waals surface area contributed by atoms with E-state index < -0.39 is 21.0 Å². The van der Waals surface area contributed by atoms with Crippen LogP contribution in [0.1, 0.15) is 38.3 Å². The number of amides is 1. The Labute approximate surface area is 112 Å². The van der Waals surface area contributed by atoms with Crippen molar-refractivity contribution in [1.82, 2.24) is 5.16 Å². The molecule has 7 heteroatoms. The van der Waals surface area contributed by atoms with Gasteiger partial charge in [-0.15, -0.1) is 0 Å². The van der Waals surface area contributed by atoms with Gasteiger partial charge in [0, 0.05) is 6.07 Å². The number of aromatic nitrogens is 1. The van der Waals surface area contributed by atoms with Crippen molar-refractivity contribution < 1.29 is 17.7 Å². The quantitative estimate of drug-likeness (QED) is 0.909. The summed E-state index contributed by atoms with van der Waals surface area (Å²) in [5, 5.41) is 4.62. The van der Waals surface area contributed by atoms with Gasteiger partial charge in [-0.05, 0) is 26.7 Å². The topological polar surface area (TPSA) is 89.3 Å². The van der Waals surface area contributed by atoms with Gasteiger partial charge >= 0.3 is 0 Å². The van der Waals surface area contributed by atoms with E-state index in [0.717, 1.165) is 12.8 Å². The second kappa shape index (κ2) is 5.32. The van der Waals surface area contributed by atoms with Crippen LogP contribution in [0, 0.1) is 6.92 Å². The van der Waals surface area contributed by atoms with Crippen molar-refractivity contribution in [3.05, 3.63) is 11.8 Å². The Hall–Kier alpha value is -1.37. The number of nitrogens with one attached hydrogen (secondary N) is 1. The van der Waals surface area contributed by atoms with Gasteiger partial charge in [-0.25, -0.2) is 8.42 Å². The van der Waals surface area contributed by atoms with Gasteiger partial charge in [0.2, 0.25) is 11.8 Å². The van der Waals surface area contributed by atoms with Crippen LogP contribution in [0.5, 0.6) is 0 Å². The van der Waals surface area contributed by atoms with Crippen molar-refractivity contribution in [3.63, 3.8) is 0 Å². The number of carbonyl (C=O) groups excluding carboxylic acids is 1. The highest BCUT2D eigenvalue weighted by atomic mass is 32.2. The van der Waals surface area contributed by atoms with E-state index in [1.807, 2.05) is 0 Å². The number of sulfone groups is 1. The lowest BCUT2D eigenvalue weighted by Gasteiger charge is -2.16. The van der Waals surface area contributed by atoms with E-state index in [2.05, 4.69) is 10.5 Å². The molecule has 106 valence electrons. The lowest BCUT2D eigenvalue weighted by atomic mass is 10.4. The van der Waals surface area contributed by atoms with Crippen molar-refractivity contribution >= 4 is 21.6 Å². The molecule has 1 unspecified atom stereocenters. The molecular formula is C12H18N2O4S. The zero-order valence-electron chi connectivity index (χ0n) is 11.0. The van der Waals surface area contributed by atoms with E-state index in [-0.39, 0.29) is 11.1 Å². The maximum absolute atomic E-state index is 12.3. The highest BCUT2D eigenvalue weighted by Gasteiger charge is 2.37. The van der Waals surface area contributed by atoms with Gasteiger partial charge in [0.25, 0.3) is 0 Å². The molecule has 1 atom stereocenters. The number of nitrogens with zero attached hydrogens (tertiary/aromatic N) is 1. The van der Waals surface area contributed by atoms with E-state index in [0.29, 0.717) is 18.5 Å². The molecule has 1 amide bonds. The third-order valence-corrected chi connectivity index (χ3v) is 6.10. The highest BCUT2D eigenvalue weighted by Crippen LogP contribution is 2.27. The van der Waals surface area contributed by atoms with Gasteiger partial charge in [0.05, 0.1) is 10.9 Å². The summed E-state index contributed by atoms with van der Waals surface area (Å²) in [6.07, 6.45) is 3.14. The first-order valence-corrected chi connectivity index (χ1v) is 7.99. The summed E-state index contributed by atoms with van der Waals surface area (Å²) in [4.78, 5) is 11.9. The van der Waals surface area contributed by atoms with Crippen LogP contribution in [0.2, 0.25) is 0 Å². The average molecular weight is 286 g/mol. The molecule has 1 aromatic rings. The predicted octanol–water partition coefficient (Wildman–Crippen LogP) is 1.67. The molecule has 1 aromatic heterocycles. The molecule has 1 saturated carbocycles. The Morgan fingerprint density at radius 2 is 2.11 bits per heavy atom. The largest absolute Gasteiger partial charge is 0.338 e. The van der Waals surface area contributed by atoms with Crippen molar-refractivity contribution in [2.24, 2.45) is 0 Å². The average Bonchev–Trinajstić information content (AvgIpc) is 2.99. The van der Waals surface area contributed by atoms with E-state index in [4.69, 9.17) is 4.52 Å². The standard InChI is InChI=1S/C12H18N2O4S/c1-8-7-11(18-14-8)13-12(15)9(2)19(16,17)10-5-3-4-6-10/h7,9-10H,3-6H2,1-2H3,(H,13,15). The number of hydrogen-bond donors (Lipinski definition) is 1. The first-order chi connectivity index (χ1) is 8.91. The fourth-order valence-electron chi connectivity index (χ4n) is 2.30. The molecule has 2 rings (SSSR count). The smallest absolute Gasteiger partial charge is 0.244 e. The number of aryl methyl sites for hydroxylation is 1. The first-order valence-electron chi connectivity index (χ1n) is 6.38. The lowest BCUT2D eigenvalue weighted by Crippen LogP contribution is -2.37. The van der Waals surface area contributed by atoms with Gasteiger partial charge in [-0.1, -0.05) is 18.0 Å². The van der Waals surface area contributed by atoms with Crippen LogP contribution < -0.4 is 5.32 Å². The summed E-state index contributed by atoms with van der Waals surface area (Å²) >= 11 is 0. The molecule has 0 spiro atoms. The summed E-state index contributed by atoms with van der Waals surface area (Å²) in [5.41, 5.74) is 0.626. The number of carbonyl (C=O) groups is 1. The molecular weight excluding hydrogens is 268 g/mol. The third-order valence-electron chi connectivity index (χ3n) is 3.50. The van der Waals surface area contributed by atoms with Crippen LogP contribution in [-0.4, -0.2) is 30.0 Å². The van der Waals surface area contributed by atoms with E-state index in [9.17, 15) is 13.2 Å². The molecule has 0 saturated heterocycles.